The van der Waals surface area contributed by atoms with Crippen LogP contribution in [0.25, 0.3) is 0 Å². The molecule has 1 saturated heterocycles. The van der Waals surface area contributed by atoms with Crippen LogP contribution in [-0.4, -0.2) is 39.0 Å². The molecule has 322 valence electrons. The quantitative estimate of drug-likeness (QED) is 0.148. The van der Waals surface area contributed by atoms with Gasteiger partial charge in [-0.1, -0.05) is 65.7 Å². The Bertz CT molecular complexity index is 1700. The van der Waals surface area contributed by atoms with Gasteiger partial charge >= 0.3 is 248 Å². The zero-order valence-electron chi connectivity index (χ0n) is 37.4. The molecular weight excluding hydrogens is 856 g/mol. The number of nitrogens with zero attached hydrogens (tertiary/aromatic N) is 2. The first kappa shape index (κ1) is 46.1. The summed E-state index contributed by atoms with van der Waals surface area (Å²) in [6.07, 6.45) is 23.6. The van der Waals surface area contributed by atoms with Gasteiger partial charge in [0.2, 0.25) is 0 Å². The van der Waals surface area contributed by atoms with Crippen LogP contribution in [0.1, 0.15) is 203 Å². The van der Waals surface area contributed by atoms with E-state index < -0.39 is 11.9 Å². The van der Waals surface area contributed by atoms with E-state index >= 15 is 0 Å². The van der Waals surface area contributed by atoms with E-state index in [2.05, 4.69) is 130 Å². The van der Waals surface area contributed by atoms with Gasteiger partial charge in [-0.15, -0.1) is 0 Å². The Labute approximate surface area is 367 Å². The summed E-state index contributed by atoms with van der Waals surface area (Å²) in [5, 5.41) is 0. The van der Waals surface area contributed by atoms with Crippen molar-refractivity contribution < 1.29 is 11.9 Å². The molecule has 0 bridgehead atoms. The molecule has 3 aromatic carbocycles. The first-order chi connectivity index (χ1) is 27.9. The molecule has 3 saturated carbocycles. The molecular formula is C52H77Cl2N2PRu. The molecule has 4 fully saturated rings. The molecule has 0 spiro atoms. The normalized spacial score (nSPS) is 19.5. The Hall–Kier alpha value is -1.37. The van der Waals surface area contributed by atoms with Gasteiger partial charge in [-0.3, -0.25) is 0 Å². The molecule has 6 heteroatoms. The SMILES string of the molecule is C1CCC(P(C2CCCCC2)C2CCCCC2)CC1.CC(C)c1cccc(C(C)C)c1N1CCN(c2c(C(C)C)cccc2C(C)C)[C]1=[Ru]([Cl])([Cl])=[CH]c1ccccc1. The molecule has 4 aliphatic rings. The first-order valence-corrected chi connectivity index (χ1v) is 31.3. The standard InChI is InChI=1S/C27H38N2.C18H33P.C7H6.2ClH.Ru/c1-18(2)22-11-9-12-23(19(3)4)26(22)28-15-16-29(17-28)27-24(20(5)6)13-10-14-25(27)21(7)8;1-4-10-16(11-5-1)19(17-12-6-2-7-13-17)18-14-8-3-9-15-18;1-7-5-3-2-4-6-7;;;/h9-14,18-21H,15-16H2,1-8H3;16-18H,1-15H2;1-6H;2*1H;/q;;;;;+2/p-2. The molecule has 0 amide bonds. The van der Waals surface area contributed by atoms with E-state index in [0.29, 0.717) is 31.6 Å². The van der Waals surface area contributed by atoms with Gasteiger partial charge in [0.1, 0.15) is 0 Å². The number of hydrogen-bond acceptors (Lipinski definition) is 2. The minimum atomic E-state index is -3.57. The average molecular weight is 933 g/mol. The molecule has 58 heavy (non-hydrogen) atoms. The number of rotatable bonds is 10. The molecule has 1 heterocycles. The maximum absolute atomic E-state index is 7.65. The summed E-state index contributed by atoms with van der Waals surface area (Å²) in [5.41, 5.74) is 12.6. The van der Waals surface area contributed by atoms with Crippen molar-refractivity contribution in [1.82, 2.24) is 0 Å². The van der Waals surface area contributed by atoms with Gasteiger partial charge in [0, 0.05) is 0 Å². The molecule has 1 aliphatic heterocycles. The number of hydrogen-bond donors (Lipinski definition) is 0. The molecule has 0 N–H and O–H groups in total. The van der Waals surface area contributed by atoms with Crippen LogP contribution >= 0.6 is 27.3 Å². The predicted octanol–water partition coefficient (Wildman–Crippen LogP) is 16.4. The Morgan fingerprint density at radius 1 is 0.483 bits per heavy atom. The van der Waals surface area contributed by atoms with Gasteiger partial charge in [-0.25, -0.2) is 0 Å². The van der Waals surface area contributed by atoms with Crippen molar-refractivity contribution in [2.24, 2.45) is 0 Å². The van der Waals surface area contributed by atoms with E-state index in [1.165, 1.54) is 69.9 Å². The summed E-state index contributed by atoms with van der Waals surface area (Å²) < 4.78 is 3.25. The average Bonchev–Trinajstić information content (AvgIpc) is 3.68. The Kier molecular flexibility index (Phi) is 17.2. The second-order valence-electron chi connectivity index (χ2n) is 19.0. The van der Waals surface area contributed by atoms with E-state index in [1.807, 2.05) is 6.07 Å². The van der Waals surface area contributed by atoms with Crippen LogP contribution in [-0.2, 0) is 11.9 Å². The first-order valence-electron chi connectivity index (χ1n) is 23.4. The zero-order valence-corrected chi connectivity index (χ0v) is 41.6. The molecule has 3 aliphatic carbocycles. The fraction of sp³-hybridized carbons (Fsp3) is 0.615. The molecule has 0 atom stereocenters. The van der Waals surface area contributed by atoms with E-state index in [9.17, 15) is 0 Å². The molecule has 0 unspecified atom stereocenters. The van der Waals surface area contributed by atoms with Crippen molar-refractivity contribution in [3.8, 4) is 0 Å². The van der Waals surface area contributed by atoms with Crippen molar-refractivity contribution in [3.05, 3.63) is 94.5 Å². The summed E-state index contributed by atoms with van der Waals surface area (Å²) in [7, 11) is 15.7. The van der Waals surface area contributed by atoms with E-state index in [4.69, 9.17) is 19.4 Å². The third kappa shape index (κ3) is 11.2. The summed E-state index contributed by atoms with van der Waals surface area (Å²) in [6.45, 7) is 20.0. The fourth-order valence-electron chi connectivity index (χ4n) is 10.6. The van der Waals surface area contributed by atoms with Crippen molar-refractivity contribution in [1.29, 1.82) is 0 Å². The molecule has 3 aromatic rings. The van der Waals surface area contributed by atoms with Crippen LogP contribution in [0, 0.1) is 0 Å². The number of benzene rings is 3. The Morgan fingerprint density at radius 3 is 1.12 bits per heavy atom. The van der Waals surface area contributed by atoms with Crippen molar-refractivity contribution in [3.63, 3.8) is 0 Å². The second kappa shape index (κ2) is 21.6. The summed E-state index contributed by atoms with van der Waals surface area (Å²) in [5.74, 6) is 1.52. The topological polar surface area (TPSA) is 6.48 Å². The van der Waals surface area contributed by atoms with Crippen molar-refractivity contribution >= 4 is 47.6 Å². The number of halogens is 2. The van der Waals surface area contributed by atoms with Gasteiger partial charge in [0.25, 0.3) is 0 Å². The Morgan fingerprint density at radius 2 is 0.810 bits per heavy atom. The molecule has 0 aromatic heterocycles. The van der Waals surface area contributed by atoms with Crippen LogP contribution in [0.5, 0.6) is 0 Å². The summed E-state index contributed by atoms with van der Waals surface area (Å²) in [6, 6.07) is 23.9. The van der Waals surface area contributed by atoms with Gasteiger partial charge in [0.05, 0.1) is 0 Å². The fourth-order valence-corrected chi connectivity index (χ4v) is 21.3. The van der Waals surface area contributed by atoms with Crippen molar-refractivity contribution in [2.75, 3.05) is 22.9 Å². The maximum atomic E-state index is 7.65. The van der Waals surface area contributed by atoms with Crippen LogP contribution < -0.4 is 9.80 Å². The summed E-state index contributed by atoms with van der Waals surface area (Å²) >= 11 is -3.57. The molecule has 7 rings (SSSR count). The van der Waals surface area contributed by atoms with Gasteiger partial charge in [0.15, 0.2) is 0 Å². The van der Waals surface area contributed by atoms with E-state index in [1.54, 1.807) is 77.0 Å². The zero-order chi connectivity index (χ0) is 41.4. The van der Waals surface area contributed by atoms with Gasteiger partial charge in [-0.05, 0) is 55.5 Å². The van der Waals surface area contributed by atoms with Crippen LogP contribution in [0.3, 0.4) is 0 Å². The number of para-hydroxylation sites is 2. The van der Waals surface area contributed by atoms with Gasteiger partial charge in [-0.2, -0.15) is 0 Å². The third-order valence-electron chi connectivity index (χ3n) is 13.4. The van der Waals surface area contributed by atoms with E-state index in [0.717, 1.165) is 23.0 Å². The summed E-state index contributed by atoms with van der Waals surface area (Å²) in [4.78, 5) is 5.00. The number of anilines is 2. The minimum absolute atomic E-state index is 0.381. The second-order valence-corrected chi connectivity index (χ2v) is 31.4. The molecule has 2 nitrogen and oxygen atoms in total. The van der Waals surface area contributed by atoms with Crippen LogP contribution in [0.2, 0.25) is 0 Å². The molecule has 0 radical (unpaired) electrons. The van der Waals surface area contributed by atoms with Crippen LogP contribution in [0.15, 0.2) is 66.7 Å². The van der Waals surface area contributed by atoms with E-state index in [-0.39, 0.29) is 0 Å². The van der Waals surface area contributed by atoms with Gasteiger partial charge < -0.3 is 0 Å². The van der Waals surface area contributed by atoms with Crippen molar-refractivity contribution in [2.45, 2.75) is 192 Å². The predicted molar refractivity (Wildman–Crippen MR) is 260 cm³/mol. The monoisotopic (exact) mass is 932 g/mol. The third-order valence-corrected chi connectivity index (χ3v) is 23.0. The van der Waals surface area contributed by atoms with Crippen LogP contribution in [0.4, 0.5) is 11.4 Å². The Balaban J connectivity index is 0.000000247.